The topological polar surface area (TPSA) is 97.5 Å². The molecular formula is C25H23NO4. The van der Waals surface area contributed by atoms with E-state index < -0.39 is 6.09 Å². The SMILES string of the molecule is NC(=O)O.O=C(C=Cc1ccccc1)c1ccccc1.O=C1CCc2ccccc21. The Morgan fingerprint density at radius 1 is 0.800 bits per heavy atom. The van der Waals surface area contributed by atoms with E-state index in [0.29, 0.717) is 12.2 Å². The van der Waals surface area contributed by atoms with Gasteiger partial charge in [-0.25, -0.2) is 4.79 Å². The summed E-state index contributed by atoms with van der Waals surface area (Å²) in [7, 11) is 0. The molecule has 3 aromatic rings. The predicted molar refractivity (Wildman–Crippen MR) is 118 cm³/mol. The second kappa shape index (κ2) is 11.8. The van der Waals surface area contributed by atoms with Crippen LogP contribution < -0.4 is 5.73 Å². The fourth-order valence-corrected chi connectivity index (χ4v) is 2.83. The fraction of sp³-hybridized carbons (Fsp3) is 0.0800. The molecule has 0 unspecified atom stereocenters. The van der Waals surface area contributed by atoms with Crippen LogP contribution in [-0.2, 0) is 6.42 Å². The number of carbonyl (C=O) groups excluding carboxylic acids is 2. The van der Waals surface area contributed by atoms with Crippen LogP contribution in [0.5, 0.6) is 0 Å². The van der Waals surface area contributed by atoms with Gasteiger partial charge in [-0.05, 0) is 23.6 Å². The third kappa shape index (κ3) is 7.56. The molecule has 0 saturated heterocycles. The zero-order chi connectivity index (χ0) is 21.8. The van der Waals surface area contributed by atoms with E-state index >= 15 is 0 Å². The number of fused-ring (bicyclic) bond motifs is 1. The van der Waals surface area contributed by atoms with Gasteiger partial charge in [0.15, 0.2) is 11.6 Å². The number of allylic oxidation sites excluding steroid dienone is 1. The van der Waals surface area contributed by atoms with Crippen molar-refractivity contribution in [1.82, 2.24) is 0 Å². The van der Waals surface area contributed by atoms with Crippen LogP contribution >= 0.6 is 0 Å². The van der Waals surface area contributed by atoms with Gasteiger partial charge in [0.25, 0.3) is 0 Å². The van der Waals surface area contributed by atoms with Gasteiger partial charge in [0, 0.05) is 17.5 Å². The first-order chi connectivity index (χ1) is 14.5. The number of rotatable bonds is 3. The van der Waals surface area contributed by atoms with Gasteiger partial charge in [0.2, 0.25) is 0 Å². The van der Waals surface area contributed by atoms with E-state index in [1.54, 1.807) is 6.08 Å². The van der Waals surface area contributed by atoms with Crippen LogP contribution in [-0.4, -0.2) is 22.8 Å². The summed E-state index contributed by atoms with van der Waals surface area (Å²) in [6.45, 7) is 0. The van der Waals surface area contributed by atoms with Gasteiger partial charge in [0.1, 0.15) is 0 Å². The lowest BCUT2D eigenvalue weighted by Gasteiger charge is -1.94. The van der Waals surface area contributed by atoms with E-state index in [1.165, 1.54) is 5.56 Å². The van der Waals surface area contributed by atoms with Crippen molar-refractivity contribution in [2.45, 2.75) is 12.8 Å². The number of primary amides is 1. The van der Waals surface area contributed by atoms with Gasteiger partial charge < -0.3 is 10.8 Å². The summed E-state index contributed by atoms with van der Waals surface area (Å²) < 4.78 is 0. The molecule has 4 rings (SSSR count). The summed E-state index contributed by atoms with van der Waals surface area (Å²) in [6.07, 6.45) is 3.74. The monoisotopic (exact) mass is 401 g/mol. The molecule has 3 N–H and O–H groups in total. The first-order valence-electron chi connectivity index (χ1n) is 9.39. The van der Waals surface area contributed by atoms with Crippen LogP contribution in [0.25, 0.3) is 6.08 Å². The fourth-order valence-electron chi connectivity index (χ4n) is 2.83. The normalized spacial score (nSPS) is 11.5. The Hall–Kier alpha value is -3.99. The van der Waals surface area contributed by atoms with E-state index in [9.17, 15) is 9.59 Å². The second-order valence-corrected chi connectivity index (χ2v) is 6.39. The van der Waals surface area contributed by atoms with Crippen molar-refractivity contribution in [2.24, 2.45) is 5.73 Å². The molecule has 0 heterocycles. The lowest BCUT2D eigenvalue weighted by atomic mass is 10.1. The average Bonchev–Trinajstić information content (AvgIpc) is 3.15. The quantitative estimate of drug-likeness (QED) is 0.475. The van der Waals surface area contributed by atoms with Crippen molar-refractivity contribution < 1.29 is 19.5 Å². The van der Waals surface area contributed by atoms with Gasteiger partial charge >= 0.3 is 6.09 Å². The number of benzene rings is 3. The van der Waals surface area contributed by atoms with Crippen molar-refractivity contribution in [1.29, 1.82) is 0 Å². The second-order valence-electron chi connectivity index (χ2n) is 6.39. The standard InChI is InChI=1S/C15H12O.C9H8O.CH3NO2/c16-15(14-9-5-2-6-10-14)12-11-13-7-3-1-4-8-13;10-9-6-5-7-3-1-2-4-8(7)9;2-1(3)4/h1-12H;1-4H,5-6H2;2H2,(H,3,4). The Morgan fingerprint density at radius 3 is 1.93 bits per heavy atom. The molecule has 5 nitrogen and oxygen atoms in total. The predicted octanol–water partition coefficient (Wildman–Crippen LogP) is 5.02. The number of hydrogen-bond acceptors (Lipinski definition) is 3. The highest BCUT2D eigenvalue weighted by Gasteiger charge is 2.17. The van der Waals surface area contributed by atoms with Crippen molar-refractivity contribution >= 4 is 23.7 Å². The third-order valence-corrected chi connectivity index (χ3v) is 4.22. The number of carbonyl (C=O) groups is 3. The maximum absolute atomic E-state index is 11.7. The summed E-state index contributed by atoms with van der Waals surface area (Å²) >= 11 is 0. The Labute approximate surface area is 175 Å². The zero-order valence-electron chi connectivity index (χ0n) is 16.4. The number of nitrogens with two attached hydrogens (primary N) is 1. The molecule has 0 aromatic heterocycles. The molecule has 30 heavy (non-hydrogen) atoms. The van der Waals surface area contributed by atoms with Crippen LogP contribution in [0, 0.1) is 0 Å². The number of ketones is 2. The van der Waals surface area contributed by atoms with E-state index in [0.717, 1.165) is 23.1 Å². The summed E-state index contributed by atoms with van der Waals surface area (Å²) in [6, 6.07) is 26.9. The van der Waals surface area contributed by atoms with Gasteiger partial charge in [-0.15, -0.1) is 0 Å². The molecule has 0 aliphatic heterocycles. The molecule has 0 fully saturated rings. The first kappa shape index (κ1) is 22.3. The summed E-state index contributed by atoms with van der Waals surface area (Å²) in [5.74, 6) is 0.333. The first-order valence-corrected chi connectivity index (χ1v) is 9.39. The highest BCUT2D eigenvalue weighted by molar-refractivity contribution is 6.06. The Kier molecular flexibility index (Phi) is 8.74. The highest BCUT2D eigenvalue weighted by Crippen LogP contribution is 2.20. The lowest BCUT2D eigenvalue weighted by molar-refractivity contribution is 0.0993. The molecule has 152 valence electrons. The van der Waals surface area contributed by atoms with Crippen molar-refractivity contribution in [3.05, 3.63) is 113 Å². The van der Waals surface area contributed by atoms with E-state index in [2.05, 4.69) is 5.73 Å². The molecule has 1 aliphatic carbocycles. The molecule has 0 saturated carbocycles. The van der Waals surface area contributed by atoms with Crippen LogP contribution in [0.15, 0.2) is 91.0 Å². The smallest absolute Gasteiger partial charge is 0.402 e. The molecule has 0 spiro atoms. The van der Waals surface area contributed by atoms with Crippen molar-refractivity contribution in [2.75, 3.05) is 0 Å². The van der Waals surface area contributed by atoms with Crippen LogP contribution in [0.2, 0.25) is 0 Å². The van der Waals surface area contributed by atoms with Crippen LogP contribution in [0.4, 0.5) is 4.79 Å². The molecule has 0 radical (unpaired) electrons. The minimum absolute atomic E-state index is 0.0319. The van der Waals surface area contributed by atoms with E-state index in [4.69, 9.17) is 9.90 Å². The Balaban J connectivity index is 0.000000194. The molecule has 1 aliphatic rings. The van der Waals surface area contributed by atoms with Crippen molar-refractivity contribution in [3.63, 3.8) is 0 Å². The number of amides is 1. The maximum atomic E-state index is 11.7. The molecule has 0 atom stereocenters. The van der Waals surface area contributed by atoms with E-state index in [-0.39, 0.29) is 5.78 Å². The summed E-state index contributed by atoms with van der Waals surface area (Å²) in [4.78, 5) is 31.6. The summed E-state index contributed by atoms with van der Waals surface area (Å²) in [5, 5.41) is 7.19. The number of hydrogen-bond donors (Lipinski definition) is 2. The Morgan fingerprint density at radius 2 is 1.33 bits per heavy atom. The lowest BCUT2D eigenvalue weighted by Crippen LogP contribution is -2.03. The minimum Gasteiger partial charge on any atom is -0.465 e. The van der Waals surface area contributed by atoms with Crippen molar-refractivity contribution in [3.8, 4) is 0 Å². The minimum atomic E-state index is -1.33. The molecule has 3 aromatic carbocycles. The molecule has 1 amide bonds. The van der Waals surface area contributed by atoms with Gasteiger partial charge in [-0.3, -0.25) is 9.59 Å². The van der Waals surface area contributed by atoms with Gasteiger partial charge in [-0.2, -0.15) is 0 Å². The average molecular weight is 401 g/mol. The largest absolute Gasteiger partial charge is 0.465 e. The van der Waals surface area contributed by atoms with Gasteiger partial charge in [0.05, 0.1) is 0 Å². The maximum Gasteiger partial charge on any atom is 0.402 e. The van der Waals surface area contributed by atoms with Gasteiger partial charge in [-0.1, -0.05) is 91.0 Å². The highest BCUT2D eigenvalue weighted by atomic mass is 16.4. The summed E-state index contributed by atoms with van der Waals surface area (Å²) in [5.41, 5.74) is 7.93. The van der Waals surface area contributed by atoms with Crippen LogP contribution in [0.3, 0.4) is 0 Å². The number of Topliss-reactive ketones (excluding diaryl/α,β-unsaturated/α-hetero) is 1. The Bertz CT molecular complexity index is 1010. The molecule has 5 heteroatoms. The van der Waals surface area contributed by atoms with E-state index in [1.807, 2.05) is 91.0 Å². The number of carboxylic acid groups (broad SMARTS) is 1. The third-order valence-electron chi connectivity index (χ3n) is 4.22. The molecular weight excluding hydrogens is 378 g/mol. The van der Waals surface area contributed by atoms with Crippen LogP contribution in [0.1, 0.15) is 38.3 Å². The zero-order valence-corrected chi connectivity index (χ0v) is 16.4. The number of aryl methyl sites for hydroxylation is 1. The molecule has 0 bridgehead atoms.